The normalized spacial score (nSPS) is 20.4. The van der Waals surface area contributed by atoms with E-state index in [1.807, 2.05) is 0 Å². The van der Waals surface area contributed by atoms with Gasteiger partial charge in [0.25, 0.3) is 0 Å². The van der Waals surface area contributed by atoms with Gasteiger partial charge in [-0.15, -0.1) is 11.3 Å². The summed E-state index contributed by atoms with van der Waals surface area (Å²) in [6.07, 6.45) is 2.18. The predicted octanol–water partition coefficient (Wildman–Crippen LogP) is 3.22. The average Bonchev–Trinajstić information content (AvgIpc) is 3.13. The maximum Gasteiger partial charge on any atom is 0.350 e. The highest BCUT2D eigenvalue weighted by Gasteiger charge is 2.36. The molecule has 1 atom stereocenters. The Morgan fingerprint density at radius 1 is 1.57 bits per heavy atom. The van der Waals surface area contributed by atoms with Crippen LogP contribution in [0.4, 0.5) is 8.78 Å². The first-order valence-electron chi connectivity index (χ1n) is 7.33. The Bertz CT molecular complexity index is 687. The molecule has 1 saturated carbocycles. The van der Waals surface area contributed by atoms with E-state index in [4.69, 9.17) is 4.74 Å². The van der Waals surface area contributed by atoms with E-state index < -0.39 is 11.9 Å². The Kier molecular flexibility index (Phi) is 4.38. The summed E-state index contributed by atoms with van der Waals surface area (Å²) in [5.41, 5.74) is 0.528. The second-order valence-corrected chi connectivity index (χ2v) is 6.68. The maximum absolute atomic E-state index is 13.4. The van der Waals surface area contributed by atoms with Crippen LogP contribution < -0.4 is 0 Å². The van der Waals surface area contributed by atoms with Gasteiger partial charge in [0.2, 0.25) is 5.92 Å². The van der Waals surface area contributed by atoms with Gasteiger partial charge in [-0.2, -0.15) is 5.10 Å². The van der Waals surface area contributed by atoms with E-state index in [1.54, 1.807) is 6.92 Å². The first-order chi connectivity index (χ1) is 10.9. The molecule has 9 heteroatoms. The molecule has 0 aromatic carbocycles. The Hall–Kier alpha value is -1.90. The molecule has 1 aliphatic carbocycles. The predicted molar refractivity (Wildman–Crippen MR) is 79.4 cm³/mol. The number of esters is 1. The van der Waals surface area contributed by atoms with Gasteiger partial charge >= 0.3 is 5.97 Å². The third-order valence-electron chi connectivity index (χ3n) is 3.79. The van der Waals surface area contributed by atoms with Crippen LogP contribution in [0, 0.1) is 12.8 Å². The highest BCUT2D eigenvalue weighted by Crippen LogP contribution is 2.37. The van der Waals surface area contributed by atoms with Gasteiger partial charge in [-0.3, -0.25) is 5.10 Å². The van der Waals surface area contributed by atoms with Gasteiger partial charge in [-0.05, 0) is 25.7 Å². The molecule has 3 rings (SSSR count). The zero-order valence-electron chi connectivity index (χ0n) is 12.5. The molecule has 6 nitrogen and oxygen atoms in total. The third-order valence-corrected chi connectivity index (χ3v) is 4.94. The van der Waals surface area contributed by atoms with E-state index in [2.05, 4.69) is 20.2 Å². The summed E-state index contributed by atoms with van der Waals surface area (Å²) >= 11 is 1.14. The average molecular weight is 342 g/mol. The molecule has 0 saturated heterocycles. The Morgan fingerprint density at radius 3 is 3.09 bits per heavy atom. The lowest BCUT2D eigenvalue weighted by atomic mass is 9.87. The number of H-pyrrole nitrogens is 1. The number of thiazole rings is 1. The summed E-state index contributed by atoms with van der Waals surface area (Å²) in [5, 5.41) is 6.95. The molecule has 1 N–H and O–H groups in total. The minimum Gasteiger partial charge on any atom is -0.461 e. The van der Waals surface area contributed by atoms with E-state index >= 15 is 0 Å². The molecule has 1 unspecified atom stereocenters. The number of alkyl halides is 2. The van der Waals surface area contributed by atoms with E-state index in [0.29, 0.717) is 34.2 Å². The molecule has 124 valence electrons. The summed E-state index contributed by atoms with van der Waals surface area (Å²) in [6.45, 7) is 1.71. The molecule has 2 aromatic rings. The zero-order valence-corrected chi connectivity index (χ0v) is 13.3. The van der Waals surface area contributed by atoms with Crippen molar-refractivity contribution in [3.05, 3.63) is 16.9 Å². The van der Waals surface area contributed by atoms with E-state index in [9.17, 15) is 13.6 Å². The van der Waals surface area contributed by atoms with Crippen molar-refractivity contribution in [1.82, 2.24) is 20.2 Å². The number of hydrogen-bond acceptors (Lipinski definition) is 6. The summed E-state index contributed by atoms with van der Waals surface area (Å²) < 4.78 is 31.9. The van der Waals surface area contributed by atoms with Gasteiger partial charge in [-0.1, -0.05) is 0 Å². The number of carbonyl (C=O) groups excluding carboxylic acids is 1. The lowest BCUT2D eigenvalue weighted by Crippen LogP contribution is -2.29. The second kappa shape index (κ2) is 6.31. The molecular formula is C14H16F2N4O2S. The van der Waals surface area contributed by atoms with Gasteiger partial charge in [0.1, 0.15) is 11.2 Å². The SMILES string of the molecule is Cc1nc(-c2ncn[nH]2)sc1C(=O)OCC1CCCC(F)(F)C1. The molecule has 0 amide bonds. The number of rotatable bonds is 4. The van der Waals surface area contributed by atoms with Crippen molar-refractivity contribution in [3.8, 4) is 10.8 Å². The Labute approximate surface area is 135 Å². The number of hydrogen-bond donors (Lipinski definition) is 1. The topological polar surface area (TPSA) is 80.8 Å². The van der Waals surface area contributed by atoms with E-state index in [0.717, 1.165) is 11.3 Å². The minimum absolute atomic E-state index is 0.0173. The molecule has 0 aliphatic heterocycles. The fraction of sp³-hybridized carbons (Fsp3) is 0.571. The summed E-state index contributed by atoms with van der Waals surface area (Å²) in [6, 6.07) is 0. The van der Waals surface area contributed by atoms with Crippen molar-refractivity contribution in [2.45, 2.75) is 38.5 Å². The number of carbonyl (C=O) groups is 1. The molecule has 0 bridgehead atoms. The maximum atomic E-state index is 13.4. The first-order valence-corrected chi connectivity index (χ1v) is 8.14. The largest absolute Gasteiger partial charge is 0.461 e. The Morgan fingerprint density at radius 2 is 2.39 bits per heavy atom. The van der Waals surface area contributed by atoms with Crippen molar-refractivity contribution in [2.75, 3.05) is 6.61 Å². The third kappa shape index (κ3) is 3.72. The van der Waals surface area contributed by atoms with Crippen LogP contribution in [0.5, 0.6) is 0 Å². The molecular weight excluding hydrogens is 326 g/mol. The summed E-state index contributed by atoms with van der Waals surface area (Å²) in [4.78, 5) is 20.8. The lowest BCUT2D eigenvalue weighted by Gasteiger charge is -2.28. The van der Waals surface area contributed by atoms with Crippen molar-refractivity contribution in [2.24, 2.45) is 5.92 Å². The molecule has 1 fully saturated rings. The van der Waals surface area contributed by atoms with Crippen LogP contribution in [0.25, 0.3) is 10.8 Å². The van der Waals surface area contributed by atoms with E-state index in [1.165, 1.54) is 6.33 Å². The van der Waals surface area contributed by atoms with Crippen molar-refractivity contribution in [3.63, 3.8) is 0 Å². The number of aromatic amines is 1. The van der Waals surface area contributed by atoms with Gasteiger partial charge in [0, 0.05) is 12.8 Å². The molecule has 1 aliphatic rings. The van der Waals surface area contributed by atoms with Crippen LogP contribution in [0.1, 0.15) is 41.0 Å². The van der Waals surface area contributed by atoms with Crippen molar-refractivity contribution in [1.29, 1.82) is 0 Å². The minimum atomic E-state index is -2.64. The quantitative estimate of drug-likeness (QED) is 0.863. The molecule has 2 aromatic heterocycles. The van der Waals surface area contributed by atoms with Gasteiger partial charge in [0.15, 0.2) is 10.8 Å². The number of nitrogens with one attached hydrogen (secondary N) is 1. The van der Waals surface area contributed by atoms with E-state index in [-0.39, 0.29) is 25.4 Å². The standard InChI is InChI=1S/C14H16F2N4O2S/c1-8-10(23-12(19-8)11-17-7-18-20-11)13(21)22-6-9-3-2-4-14(15,16)5-9/h7,9H,2-6H2,1H3,(H,17,18,20). The monoisotopic (exact) mass is 342 g/mol. The number of aryl methyl sites for hydroxylation is 1. The molecule has 2 heterocycles. The van der Waals surface area contributed by atoms with Crippen molar-refractivity contribution >= 4 is 17.3 Å². The lowest BCUT2D eigenvalue weighted by molar-refractivity contribution is -0.0626. The van der Waals surface area contributed by atoms with Crippen LogP contribution in [-0.4, -0.2) is 38.7 Å². The smallest absolute Gasteiger partial charge is 0.350 e. The summed E-state index contributed by atoms with van der Waals surface area (Å²) in [7, 11) is 0. The second-order valence-electron chi connectivity index (χ2n) is 5.68. The Balaban J connectivity index is 1.62. The first kappa shape index (κ1) is 16.0. The molecule has 23 heavy (non-hydrogen) atoms. The van der Waals surface area contributed by atoms with Crippen LogP contribution >= 0.6 is 11.3 Å². The number of aromatic nitrogens is 4. The fourth-order valence-corrected chi connectivity index (χ4v) is 3.58. The highest BCUT2D eigenvalue weighted by molar-refractivity contribution is 7.16. The summed E-state index contributed by atoms with van der Waals surface area (Å²) in [5.74, 6) is -2.98. The molecule has 0 spiro atoms. The zero-order chi connectivity index (χ0) is 16.4. The fourth-order valence-electron chi connectivity index (χ4n) is 2.67. The number of nitrogens with zero attached hydrogens (tertiary/aromatic N) is 3. The number of halogens is 2. The van der Waals surface area contributed by atoms with Crippen LogP contribution in [0.3, 0.4) is 0 Å². The highest BCUT2D eigenvalue weighted by atomic mass is 32.1. The van der Waals surface area contributed by atoms with Crippen LogP contribution in [0.2, 0.25) is 0 Å². The van der Waals surface area contributed by atoms with Gasteiger partial charge in [-0.25, -0.2) is 23.5 Å². The van der Waals surface area contributed by atoms with Crippen molar-refractivity contribution < 1.29 is 18.3 Å². The van der Waals surface area contributed by atoms with Gasteiger partial charge in [0.05, 0.1) is 12.3 Å². The number of ether oxygens (including phenoxy) is 1. The molecule has 0 radical (unpaired) electrons. The van der Waals surface area contributed by atoms with Crippen LogP contribution in [0.15, 0.2) is 6.33 Å². The van der Waals surface area contributed by atoms with Gasteiger partial charge < -0.3 is 4.74 Å². The van der Waals surface area contributed by atoms with Crippen LogP contribution in [-0.2, 0) is 4.74 Å².